The molecule has 24 heavy (non-hydrogen) atoms. The molecule has 2 heterocycles. The van der Waals surface area contributed by atoms with Gasteiger partial charge in [0.25, 0.3) is 5.91 Å². The first-order chi connectivity index (χ1) is 11.3. The van der Waals surface area contributed by atoms with E-state index in [1.807, 2.05) is 36.7 Å². The number of aromatic nitrogens is 2. The van der Waals surface area contributed by atoms with Gasteiger partial charge in [0.15, 0.2) is 0 Å². The molecule has 1 amide bonds. The van der Waals surface area contributed by atoms with Crippen molar-refractivity contribution in [1.82, 2.24) is 9.38 Å². The smallest absolute Gasteiger partial charge is 0.261 e. The number of imidazole rings is 1. The Morgan fingerprint density at radius 2 is 2.08 bits per heavy atom. The van der Waals surface area contributed by atoms with E-state index in [0.29, 0.717) is 16.1 Å². The summed E-state index contributed by atoms with van der Waals surface area (Å²) >= 11 is 1.56. The van der Waals surface area contributed by atoms with Crippen molar-refractivity contribution in [3.8, 4) is 0 Å². The number of nitrogens with zero attached hydrogens (tertiary/aromatic N) is 2. The van der Waals surface area contributed by atoms with E-state index in [1.54, 1.807) is 11.8 Å². The second-order valence-electron chi connectivity index (χ2n) is 6.49. The summed E-state index contributed by atoms with van der Waals surface area (Å²) in [7, 11) is 0. The predicted octanol–water partition coefficient (Wildman–Crippen LogP) is 4.96. The molecule has 0 spiro atoms. The summed E-state index contributed by atoms with van der Waals surface area (Å²) in [4.78, 5) is 17.5. The van der Waals surface area contributed by atoms with Crippen LogP contribution in [-0.2, 0) is 4.79 Å². The highest BCUT2D eigenvalue weighted by atomic mass is 32.2. The van der Waals surface area contributed by atoms with Crippen LogP contribution in [0.2, 0.25) is 0 Å². The third kappa shape index (κ3) is 4.41. The summed E-state index contributed by atoms with van der Waals surface area (Å²) in [5, 5.41) is 3.33. The molecule has 0 fully saturated rings. The Morgan fingerprint density at radius 1 is 1.38 bits per heavy atom. The van der Waals surface area contributed by atoms with Gasteiger partial charge in [-0.25, -0.2) is 4.98 Å². The highest BCUT2D eigenvalue weighted by Gasteiger charge is 2.17. The minimum atomic E-state index is -0.133. The van der Waals surface area contributed by atoms with Crippen LogP contribution in [0.25, 0.3) is 5.65 Å². The van der Waals surface area contributed by atoms with Gasteiger partial charge in [-0.15, -0.1) is 11.8 Å². The van der Waals surface area contributed by atoms with Crippen LogP contribution in [-0.4, -0.2) is 20.5 Å². The lowest BCUT2D eigenvalue weighted by Gasteiger charge is -2.19. The van der Waals surface area contributed by atoms with Crippen LogP contribution in [0.3, 0.4) is 0 Å². The average Bonchev–Trinajstić information content (AvgIpc) is 2.88. The SMILES string of the molecule is C=C(SC(C)C(C)CCC)C(=O)Nc1cc(C)c2nc(C)cn2c1. The van der Waals surface area contributed by atoms with Gasteiger partial charge in [-0.2, -0.15) is 0 Å². The molecule has 0 aliphatic carbocycles. The van der Waals surface area contributed by atoms with Crippen molar-refractivity contribution in [3.05, 3.63) is 41.2 Å². The quantitative estimate of drug-likeness (QED) is 0.721. The number of fused-ring (bicyclic) bond motifs is 1. The molecule has 2 atom stereocenters. The molecule has 0 aliphatic rings. The monoisotopic (exact) mass is 345 g/mol. The topological polar surface area (TPSA) is 46.4 Å². The lowest BCUT2D eigenvalue weighted by molar-refractivity contribution is -0.112. The zero-order valence-corrected chi connectivity index (χ0v) is 16.0. The van der Waals surface area contributed by atoms with Crippen LogP contribution < -0.4 is 5.32 Å². The number of carbonyl (C=O) groups excluding carboxylic acids is 1. The maximum absolute atomic E-state index is 12.4. The highest BCUT2D eigenvalue weighted by molar-refractivity contribution is 8.04. The van der Waals surface area contributed by atoms with Crippen LogP contribution in [0.5, 0.6) is 0 Å². The molecule has 0 aromatic carbocycles. The van der Waals surface area contributed by atoms with Crippen molar-refractivity contribution >= 4 is 29.0 Å². The van der Waals surface area contributed by atoms with Crippen molar-refractivity contribution in [3.63, 3.8) is 0 Å². The zero-order valence-electron chi connectivity index (χ0n) is 15.2. The van der Waals surface area contributed by atoms with Gasteiger partial charge < -0.3 is 9.72 Å². The zero-order chi connectivity index (χ0) is 17.9. The second kappa shape index (κ2) is 7.88. The van der Waals surface area contributed by atoms with E-state index in [0.717, 1.165) is 29.0 Å². The van der Waals surface area contributed by atoms with Gasteiger partial charge in [0, 0.05) is 17.6 Å². The van der Waals surface area contributed by atoms with E-state index in [9.17, 15) is 4.79 Å². The summed E-state index contributed by atoms with van der Waals surface area (Å²) in [5.41, 5.74) is 3.67. The number of hydrogen-bond acceptors (Lipinski definition) is 3. The van der Waals surface area contributed by atoms with Crippen LogP contribution in [0.1, 0.15) is 44.9 Å². The Morgan fingerprint density at radius 3 is 2.75 bits per heavy atom. The molecule has 0 radical (unpaired) electrons. The first kappa shape index (κ1) is 18.6. The molecule has 4 nitrogen and oxygen atoms in total. The number of carbonyl (C=O) groups is 1. The largest absolute Gasteiger partial charge is 0.320 e. The lowest BCUT2D eigenvalue weighted by Crippen LogP contribution is -2.17. The standard InChI is InChI=1S/C19H27N3OS/c1-7-8-12(2)15(5)24-16(6)19(23)21-17-9-13(3)18-20-14(4)10-22(18)11-17/h9-12,15H,6-8H2,1-5H3,(H,21,23). The van der Waals surface area contributed by atoms with Gasteiger partial charge in [0.05, 0.1) is 16.3 Å². The molecule has 130 valence electrons. The van der Waals surface area contributed by atoms with E-state index in [-0.39, 0.29) is 5.91 Å². The second-order valence-corrected chi connectivity index (χ2v) is 7.96. The maximum Gasteiger partial charge on any atom is 0.261 e. The summed E-state index contributed by atoms with van der Waals surface area (Å²) in [6.07, 6.45) is 6.17. The number of aryl methyl sites for hydroxylation is 2. The van der Waals surface area contributed by atoms with Gasteiger partial charge in [-0.1, -0.05) is 33.8 Å². The van der Waals surface area contributed by atoms with Crippen molar-refractivity contribution in [2.24, 2.45) is 5.92 Å². The Kier molecular flexibility index (Phi) is 6.10. The molecular formula is C19H27N3OS. The fourth-order valence-corrected chi connectivity index (χ4v) is 3.72. The predicted molar refractivity (Wildman–Crippen MR) is 104 cm³/mol. The fourth-order valence-electron chi connectivity index (χ4n) is 2.74. The first-order valence-electron chi connectivity index (χ1n) is 8.44. The summed E-state index contributed by atoms with van der Waals surface area (Å²) in [6.45, 7) is 14.5. The maximum atomic E-state index is 12.4. The third-order valence-electron chi connectivity index (χ3n) is 4.24. The normalized spacial score (nSPS) is 13.7. The summed E-state index contributed by atoms with van der Waals surface area (Å²) in [5.74, 6) is 0.434. The Balaban J connectivity index is 2.05. The van der Waals surface area contributed by atoms with Gasteiger partial charge in [-0.05, 0) is 37.8 Å². The van der Waals surface area contributed by atoms with E-state index in [4.69, 9.17) is 0 Å². The Hall–Kier alpha value is -1.75. The molecule has 5 heteroatoms. The number of pyridine rings is 1. The van der Waals surface area contributed by atoms with Gasteiger partial charge in [0.1, 0.15) is 5.65 Å². The molecule has 0 bridgehead atoms. The molecule has 2 rings (SSSR count). The van der Waals surface area contributed by atoms with E-state index < -0.39 is 0 Å². The van der Waals surface area contributed by atoms with Gasteiger partial charge in [-0.3, -0.25) is 4.79 Å². The highest BCUT2D eigenvalue weighted by Crippen LogP contribution is 2.29. The van der Waals surface area contributed by atoms with E-state index in [2.05, 4.69) is 37.7 Å². The van der Waals surface area contributed by atoms with E-state index >= 15 is 0 Å². The Bertz CT molecular complexity index is 750. The molecule has 2 aromatic heterocycles. The van der Waals surface area contributed by atoms with Gasteiger partial charge >= 0.3 is 0 Å². The summed E-state index contributed by atoms with van der Waals surface area (Å²) < 4.78 is 1.95. The Labute approximate surface area is 148 Å². The van der Waals surface area contributed by atoms with Crippen molar-refractivity contribution < 1.29 is 4.79 Å². The number of hydrogen-bond donors (Lipinski definition) is 1. The number of thioether (sulfide) groups is 1. The van der Waals surface area contributed by atoms with E-state index in [1.165, 1.54) is 6.42 Å². The number of anilines is 1. The molecule has 2 unspecified atom stereocenters. The summed E-state index contributed by atoms with van der Waals surface area (Å²) in [6, 6.07) is 1.95. The van der Waals surface area contributed by atoms with Crippen LogP contribution in [0.4, 0.5) is 5.69 Å². The number of nitrogens with one attached hydrogen (secondary N) is 1. The van der Waals surface area contributed by atoms with Crippen LogP contribution >= 0.6 is 11.8 Å². The van der Waals surface area contributed by atoms with Crippen molar-refractivity contribution in [2.75, 3.05) is 5.32 Å². The molecule has 0 saturated carbocycles. The van der Waals surface area contributed by atoms with Crippen LogP contribution in [0, 0.1) is 19.8 Å². The molecule has 0 aliphatic heterocycles. The minimum Gasteiger partial charge on any atom is -0.320 e. The van der Waals surface area contributed by atoms with Crippen molar-refractivity contribution in [2.45, 2.75) is 52.7 Å². The van der Waals surface area contributed by atoms with Crippen LogP contribution in [0.15, 0.2) is 29.9 Å². The minimum absolute atomic E-state index is 0.133. The molecule has 2 aromatic rings. The first-order valence-corrected chi connectivity index (χ1v) is 9.32. The molecule has 1 N–H and O–H groups in total. The molecule has 0 saturated heterocycles. The number of rotatable bonds is 7. The fraction of sp³-hybridized carbons (Fsp3) is 0.474. The number of amides is 1. The van der Waals surface area contributed by atoms with Crippen molar-refractivity contribution in [1.29, 1.82) is 0 Å². The van der Waals surface area contributed by atoms with Gasteiger partial charge in [0.2, 0.25) is 0 Å². The molecular weight excluding hydrogens is 318 g/mol. The average molecular weight is 346 g/mol. The lowest BCUT2D eigenvalue weighted by atomic mass is 10.0. The third-order valence-corrected chi connectivity index (χ3v) is 5.55.